The number of nitrogens with one attached hydrogen (secondary N) is 1. The second kappa shape index (κ2) is 8.49. The Labute approximate surface area is 151 Å². The maximum absolute atomic E-state index is 13.7. The van der Waals surface area contributed by atoms with Crippen LogP contribution in [0, 0.1) is 5.82 Å². The standard InChI is InChI=1S/C20H20FNO4/c1-24-18-5-3-2-4-14(18)6-7-19(23)22-9-8-15-10-17(21)11-16-12-25-13-26-20(15)16/h2-7,10-11H,8-9,12-13H2,1H3,(H,22,23). The molecule has 1 N–H and O–H groups in total. The van der Waals surface area contributed by atoms with Crippen LogP contribution in [0.2, 0.25) is 0 Å². The molecule has 0 aromatic heterocycles. The molecule has 6 heteroatoms. The van der Waals surface area contributed by atoms with E-state index in [0.29, 0.717) is 36.6 Å². The van der Waals surface area contributed by atoms with Gasteiger partial charge in [-0.2, -0.15) is 0 Å². The minimum absolute atomic E-state index is 0.152. The molecule has 0 unspecified atom stereocenters. The van der Waals surface area contributed by atoms with Crippen molar-refractivity contribution in [3.05, 3.63) is 65.0 Å². The van der Waals surface area contributed by atoms with E-state index in [2.05, 4.69) is 5.32 Å². The number of hydrogen-bond donors (Lipinski definition) is 1. The number of benzene rings is 2. The molecule has 0 saturated heterocycles. The molecule has 5 nitrogen and oxygen atoms in total. The molecule has 2 aromatic rings. The van der Waals surface area contributed by atoms with E-state index in [1.54, 1.807) is 13.2 Å². The Bertz CT molecular complexity index is 819. The molecule has 0 radical (unpaired) electrons. The zero-order valence-electron chi connectivity index (χ0n) is 14.5. The highest BCUT2D eigenvalue weighted by Crippen LogP contribution is 2.29. The van der Waals surface area contributed by atoms with Crippen LogP contribution in [0.4, 0.5) is 4.39 Å². The Balaban J connectivity index is 1.57. The summed E-state index contributed by atoms with van der Waals surface area (Å²) in [5, 5.41) is 2.79. The number of para-hydroxylation sites is 1. The molecule has 0 bridgehead atoms. The average molecular weight is 357 g/mol. The predicted molar refractivity (Wildman–Crippen MR) is 95.4 cm³/mol. The maximum Gasteiger partial charge on any atom is 0.244 e. The number of carbonyl (C=O) groups is 1. The van der Waals surface area contributed by atoms with Crippen LogP contribution in [-0.2, 0) is 22.6 Å². The molecule has 26 heavy (non-hydrogen) atoms. The normalized spacial score (nSPS) is 13.2. The summed E-state index contributed by atoms with van der Waals surface area (Å²) in [6.07, 6.45) is 3.61. The lowest BCUT2D eigenvalue weighted by atomic mass is 10.1. The minimum atomic E-state index is -0.338. The van der Waals surface area contributed by atoms with Crippen LogP contribution in [0.3, 0.4) is 0 Å². The second-order valence-electron chi connectivity index (χ2n) is 5.78. The number of rotatable bonds is 6. The van der Waals surface area contributed by atoms with E-state index < -0.39 is 0 Å². The summed E-state index contributed by atoms with van der Waals surface area (Å²) in [5.74, 6) is 0.777. The van der Waals surface area contributed by atoms with E-state index in [1.807, 2.05) is 24.3 Å². The Morgan fingerprint density at radius 1 is 1.35 bits per heavy atom. The van der Waals surface area contributed by atoms with Gasteiger partial charge < -0.3 is 19.5 Å². The van der Waals surface area contributed by atoms with Crippen LogP contribution in [0.1, 0.15) is 16.7 Å². The van der Waals surface area contributed by atoms with E-state index in [9.17, 15) is 9.18 Å². The van der Waals surface area contributed by atoms with E-state index in [0.717, 1.165) is 11.1 Å². The van der Waals surface area contributed by atoms with Crippen molar-refractivity contribution in [3.63, 3.8) is 0 Å². The SMILES string of the molecule is COc1ccccc1C=CC(=O)NCCc1cc(F)cc2c1OCOC2. The maximum atomic E-state index is 13.7. The number of carbonyl (C=O) groups excluding carboxylic acids is 1. The fraction of sp³-hybridized carbons (Fsp3) is 0.250. The van der Waals surface area contributed by atoms with Gasteiger partial charge in [0.05, 0.1) is 13.7 Å². The Kier molecular flexibility index (Phi) is 5.86. The predicted octanol–water partition coefficient (Wildman–Crippen LogP) is 3.07. The zero-order valence-corrected chi connectivity index (χ0v) is 14.5. The van der Waals surface area contributed by atoms with Crippen LogP contribution in [0.25, 0.3) is 6.08 Å². The first-order valence-electron chi connectivity index (χ1n) is 8.28. The molecule has 136 valence electrons. The Morgan fingerprint density at radius 3 is 3.04 bits per heavy atom. The fourth-order valence-electron chi connectivity index (χ4n) is 2.79. The molecule has 0 atom stereocenters. The summed E-state index contributed by atoms with van der Waals surface area (Å²) in [5.41, 5.74) is 2.23. The fourth-order valence-corrected chi connectivity index (χ4v) is 2.79. The molecular weight excluding hydrogens is 337 g/mol. The molecular formula is C20H20FNO4. The topological polar surface area (TPSA) is 56.8 Å². The summed E-state index contributed by atoms with van der Waals surface area (Å²) in [6.45, 7) is 0.850. The largest absolute Gasteiger partial charge is 0.496 e. The van der Waals surface area contributed by atoms with Gasteiger partial charge in [0.25, 0.3) is 0 Å². The number of halogens is 1. The van der Waals surface area contributed by atoms with Crippen LogP contribution in [0.5, 0.6) is 11.5 Å². The van der Waals surface area contributed by atoms with Crippen molar-refractivity contribution in [2.75, 3.05) is 20.4 Å². The van der Waals surface area contributed by atoms with E-state index >= 15 is 0 Å². The van der Waals surface area contributed by atoms with Crippen LogP contribution >= 0.6 is 0 Å². The number of hydrogen-bond acceptors (Lipinski definition) is 4. The third kappa shape index (κ3) is 4.40. The van der Waals surface area contributed by atoms with Crippen LogP contribution in [-0.4, -0.2) is 26.4 Å². The van der Waals surface area contributed by atoms with Gasteiger partial charge in [0.1, 0.15) is 17.3 Å². The van der Waals surface area contributed by atoms with Gasteiger partial charge in [-0.05, 0) is 36.3 Å². The number of ether oxygens (including phenoxy) is 3. The van der Waals surface area contributed by atoms with Crippen molar-refractivity contribution in [2.45, 2.75) is 13.0 Å². The van der Waals surface area contributed by atoms with Gasteiger partial charge in [-0.25, -0.2) is 4.39 Å². The van der Waals surface area contributed by atoms with Gasteiger partial charge in [-0.15, -0.1) is 0 Å². The van der Waals surface area contributed by atoms with Crippen LogP contribution < -0.4 is 14.8 Å². The number of amides is 1. The van der Waals surface area contributed by atoms with E-state index in [1.165, 1.54) is 18.2 Å². The molecule has 1 aliphatic heterocycles. The first kappa shape index (κ1) is 17.9. The molecule has 0 fully saturated rings. The molecule has 1 amide bonds. The van der Waals surface area contributed by atoms with Crippen molar-refractivity contribution < 1.29 is 23.4 Å². The first-order valence-corrected chi connectivity index (χ1v) is 8.28. The molecule has 2 aromatic carbocycles. The lowest BCUT2D eigenvalue weighted by molar-refractivity contribution is -0.116. The van der Waals surface area contributed by atoms with Gasteiger partial charge in [-0.1, -0.05) is 18.2 Å². The summed E-state index contributed by atoms with van der Waals surface area (Å²) >= 11 is 0. The van der Waals surface area contributed by atoms with Gasteiger partial charge in [0, 0.05) is 23.7 Å². The Hall–Kier alpha value is -2.86. The minimum Gasteiger partial charge on any atom is -0.496 e. The summed E-state index contributed by atoms with van der Waals surface area (Å²) in [6, 6.07) is 10.3. The van der Waals surface area contributed by atoms with Gasteiger partial charge in [0.15, 0.2) is 6.79 Å². The van der Waals surface area contributed by atoms with Crippen molar-refractivity contribution >= 4 is 12.0 Å². The summed E-state index contributed by atoms with van der Waals surface area (Å²) < 4.78 is 29.6. The van der Waals surface area contributed by atoms with Gasteiger partial charge in [-0.3, -0.25) is 4.79 Å². The second-order valence-corrected chi connectivity index (χ2v) is 5.78. The summed E-state index contributed by atoms with van der Waals surface area (Å²) in [4.78, 5) is 12.0. The highest BCUT2D eigenvalue weighted by Gasteiger charge is 2.16. The molecule has 1 heterocycles. The zero-order chi connectivity index (χ0) is 18.4. The van der Waals surface area contributed by atoms with Crippen LogP contribution in [0.15, 0.2) is 42.5 Å². The highest BCUT2D eigenvalue weighted by molar-refractivity contribution is 5.92. The molecule has 0 aliphatic carbocycles. The monoisotopic (exact) mass is 357 g/mol. The van der Waals surface area contributed by atoms with Crippen molar-refractivity contribution in [1.29, 1.82) is 0 Å². The molecule has 3 rings (SSSR count). The first-order chi connectivity index (χ1) is 12.7. The third-order valence-corrected chi connectivity index (χ3v) is 4.00. The van der Waals surface area contributed by atoms with Crippen molar-refractivity contribution in [2.24, 2.45) is 0 Å². The smallest absolute Gasteiger partial charge is 0.244 e. The quantitative estimate of drug-likeness (QED) is 0.808. The number of methoxy groups -OCH3 is 1. The average Bonchev–Trinajstić information content (AvgIpc) is 2.66. The lowest BCUT2D eigenvalue weighted by Crippen LogP contribution is -2.24. The molecule has 0 saturated carbocycles. The van der Waals surface area contributed by atoms with Gasteiger partial charge in [0.2, 0.25) is 5.91 Å². The Morgan fingerprint density at radius 2 is 2.19 bits per heavy atom. The van der Waals surface area contributed by atoms with E-state index in [-0.39, 0.29) is 18.5 Å². The third-order valence-electron chi connectivity index (χ3n) is 4.00. The van der Waals surface area contributed by atoms with Crippen molar-refractivity contribution in [1.82, 2.24) is 5.32 Å². The highest BCUT2D eigenvalue weighted by atomic mass is 19.1. The molecule has 1 aliphatic rings. The van der Waals surface area contributed by atoms with Gasteiger partial charge >= 0.3 is 0 Å². The lowest BCUT2D eigenvalue weighted by Gasteiger charge is -2.20. The summed E-state index contributed by atoms with van der Waals surface area (Å²) in [7, 11) is 1.58. The van der Waals surface area contributed by atoms with E-state index in [4.69, 9.17) is 14.2 Å². The van der Waals surface area contributed by atoms with Crippen molar-refractivity contribution in [3.8, 4) is 11.5 Å². The number of fused-ring (bicyclic) bond motifs is 1. The molecule has 0 spiro atoms.